The van der Waals surface area contributed by atoms with E-state index in [-0.39, 0.29) is 5.82 Å². The van der Waals surface area contributed by atoms with Crippen molar-refractivity contribution in [2.75, 3.05) is 17.2 Å². The molecule has 2 rings (SSSR count). The summed E-state index contributed by atoms with van der Waals surface area (Å²) in [7, 11) is 0. The van der Waals surface area contributed by atoms with E-state index in [0.29, 0.717) is 6.54 Å². The van der Waals surface area contributed by atoms with Crippen molar-refractivity contribution in [2.24, 2.45) is 0 Å². The molecule has 0 saturated carbocycles. The maximum atomic E-state index is 13.1. The second-order valence-electron chi connectivity index (χ2n) is 4.24. The van der Waals surface area contributed by atoms with Crippen molar-refractivity contribution in [3.8, 4) is 0 Å². The Kier molecular flexibility index (Phi) is 3.82. The normalized spacial score (nSPS) is 10.3. The summed E-state index contributed by atoms with van der Waals surface area (Å²) in [5, 5.41) is 0. The third kappa shape index (κ3) is 3.00. The molecule has 0 fully saturated rings. The van der Waals surface area contributed by atoms with Crippen molar-refractivity contribution in [1.82, 2.24) is 0 Å². The standard InChI is InChI=1S/C15H17FN2/c1-2-18(15-8-6-14(17)7-9-15)11-12-4-3-5-13(16)10-12/h3-10H,2,11,17H2,1H3. The predicted octanol–water partition coefficient (Wildman–Crippen LogP) is 3.43. The maximum Gasteiger partial charge on any atom is 0.123 e. The SMILES string of the molecule is CCN(Cc1cccc(F)c1)c1ccc(N)cc1. The number of nitrogens with zero attached hydrogens (tertiary/aromatic N) is 1. The van der Waals surface area contributed by atoms with Gasteiger partial charge in [0.2, 0.25) is 0 Å². The minimum Gasteiger partial charge on any atom is -0.399 e. The fourth-order valence-electron chi connectivity index (χ4n) is 1.93. The van der Waals surface area contributed by atoms with Crippen LogP contribution in [0, 0.1) is 5.82 Å². The van der Waals surface area contributed by atoms with Crippen LogP contribution >= 0.6 is 0 Å². The Labute approximate surface area is 107 Å². The topological polar surface area (TPSA) is 29.3 Å². The monoisotopic (exact) mass is 244 g/mol. The van der Waals surface area contributed by atoms with E-state index in [1.54, 1.807) is 12.1 Å². The van der Waals surface area contributed by atoms with Crippen molar-refractivity contribution >= 4 is 11.4 Å². The van der Waals surface area contributed by atoms with Crippen LogP contribution in [0.1, 0.15) is 12.5 Å². The lowest BCUT2D eigenvalue weighted by molar-refractivity contribution is 0.624. The van der Waals surface area contributed by atoms with Crippen LogP contribution in [-0.2, 0) is 6.54 Å². The highest BCUT2D eigenvalue weighted by Gasteiger charge is 2.05. The van der Waals surface area contributed by atoms with Gasteiger partial charge in [0.05, 0.1) is 0 Å². The fourth-order valence-corrected chi connectivity index (χ4v) is 1.93. The Morgan fingerprint density at radius 2 is 1.83 bits per heavy atom. The van der Waals surface area contributed by atoms with Crippen LogP contribution in [0.3, 0.4) is 0 Å². The average Bonchev–Trinajstić information content (AvgIpc) is 2.37. The molecule has 0 bridgehead atoms. The van der Waals surface area contributed by atoms with E-state index in [2.05, 4.69) is 11.8 Å². The van der Waals surface area contributed by atoms with E-state index in [9.17, 15) is 4.39 Å². The molecule has 18 heavy (non-hydrogen) atoms. The van der Waals surface area contributed by atoms with Crippen LogP contribution in [0.4, 0.5) is 15.8 Å². The van der Waals surface area contributed by atoms with Gasteiger partial charge in [-0.05, 0) is 48.9 Å². The Morgan fingerprint density at radius 1 is 1.11 bits per heavy atom. The molecule has 0 atom stereocenters. The van der Waals surface area contributed by atoms with Gasteiger partial charge in [0.15, 0.2) is 0 Å². The molecule has 0 aliphatic carbocycles. The van der Waals surface area contributed by atoms with Gasteiger partial charge < -0.3 is 10.6 Å². The van der Waals surface area contributed by atoms with Crippen molar-refractivity contribution in [3.63, 3.8) is 0 Å². The molecule has 0 aliphatic heterocycles. The van der Waals surface area contributed by atoms with Crippen molar-refractivity contribution in [1.29, 1.82) is 0 Å². The first-order valence-electron chi connectivity index (χ1n) is 6.04. The zero-order valence-electron chi connectivity index (χ0n) is 10.4. The summed E-state index contributed by atoms with van der Waals surface area (Å²) in [5.74, 6) is -0.194. The third-order valence-electron chi connectivity index (χ3n) is 2.90. The number of nitrogens with two attached hydrogens (primary N) is 1. The first-order chi connectivity index (χ1) is 8.69. The summed E-state index contributed by atoms with van der Waals surface area (Å²) in [5.41, 5.74) is 8.48. The summed E-state index contributed by atoms with van der Waals surface area (Å²) in [6.07, 6.45) is 0. The van der Waals surface area contributed by atoms with E-state index < -0.39 is 0 Å². The fraction of sp³-hybridized carbons (Fsp3) is 0.200. The Balaban J connectivity index is 2.17. The Morgan fingerprint density at radius 3 is 2.44 bits per heavy atom. The number of nitrogen functional groups attached to an aromatic ring is 1. The van der Waals surface area contributed by atoms with Gasteiger partial charge in [0, 0.05) is 24.5 Å². The molecule has 0 aromatic heterocycles. The van der Waals surface area contributed by atoms with E-state index >= 15 is 0 Å². The lowest BCUT2D eigenvalue weighted by Crippen LogP contribution is -2.21. The zero-order chi connectivity index (χ0) is 13.0. The molecule has 0 unspecified atom stereocenters. The smallest absolute Gasteiger partial charge is 0.123 e. The number of hydrogen-bond acceptors (Lipinski definition) is 2. The number of anilines is 2. The average molecular weight is 244 g/mol. The van der Waals surface area contributed by atoms with Gasteiger partial charge in [0.25, 0.3) is 0 Å². The molecule has 94 valence electrons. The molecule has 0 radical (unpaired) electrons. The van der Waals surface area contributed by atoms with Crippen molar-refractivity contribution in [3.05, 3.63) is 59.9 Å². The van der Waals surface area contributed by atoms with Crippen molar-refractivity contribution < 1.29 is 4.39 Å². The van der Waals surface area contributed by atoms with Crippen LogP contribution in [-0.4, -0.2) is 6.54 Å². The summed E-state index contributed by atoms with van der Waals surface area (Å²) in [6.45, 7) is 3.63. The van der Waals surface area contributed by atoms with E-state index in [1.807, 2.05) is 30.3 Å². The third-order valence-corrected chi connectivity index (χ3v) is 2.90. The first kappa shape index (κ1) is 12.4. The molecule has 2 aromatic rings. The summed E-state index contributed by atoms with van der Waals surface area (Å²) >= 11 is 0. The number of halogens is 1. The minimum absolute atomic E-state index is 0.194. The number of hydrogen-bond donors (Lipinski definition) is 1. The van der Waals surface area contributed by atoms with Crippen molar-refractivity contribution in [2.45, 2.75) is 13.5 Å². The molecule has 0 spiro atoms. The molecular weight excluding hydrogens is 227 g/mol. The van der Waals surface area contributed by atoms with E-state index in [1.165, 1.54) is 6.07 Å². The van der Waals surface area contributed by atoms with Gasteiger partial charge in [-0.15, -0.1) is 0 Å². The van der Waals surface area contributed by atoms with Gasteiger partial charge in [-0.2, -0.15) is 0 Å². The van der Waals surface area contributed by atoms with Crippen LogP contribution in [0.15, 0.2) is 48.5 Å². The van der Waals surface area contributed by atoms with Gasteiger partial charge in [-0.1, -0.05) is 12.1 Å². The van der Waals surface area contributed by atoms with Crippen LogP contribution in [0.5, 0.6) is 0 Å². The van der Waals surface area contributed by atoms with Crippen LogP contribution in [0.2, 0.25) is 0 Å². The summed E-state index contributed by atoms with van der Waals surface area (Å²) < 4.78 is 13.1. The number of benzene rings is 2. The maximum absolute atomic E-state index is 13.1. The molecule has 0 aliphatic rings. The zero-order valence-corrected chi connectivity index (χ0v) is 10.4. The van der Waals surface area contributed by atoms with Gasteiger partial charge >= 0.3 is 0 Å². The molecule has 2 aromatic carbocycles. The summed E-state index contributed by atoms with van der Waals surface area (Å²) in [6, 6.07) is 14.4. The summed E-state index contributed by atoms with van der Waals surface area (Å²) in [4.78, 5) is 2.17. The predicted molar refractivity (Wildman–Crippen MR) is 74.0 cm³/mol. The molecule has 0 saturated heterocycles. The lowest BCUT2D eigenvalue weighted by Gasteiger charge is -2.23. The molecular formula is C15H17FN2. The highest BCUT2D eigenvalue weighted by molar-refractivity contribution is 5.53. The molecule has 0 amide bonds. The van der Waals surface area contributed by atoms with Crippen LogP contribution in [0.25, 0.3) is 0 Å². The highest BCUT2D eigenvalue weighted by Crippen LogP contribution is 2.18. The molecule has 2 N–H and O–H groups in total. The second kappa shape index (κ2) is 5.54. The lowest BCUT2D eigenvalue weighted by atomic mass is 10.2. The van der Waals surface area contributed by atoms with E-state index in [4.69, 9.17) is 5.73 Å². The van der Waals surface area contributed by atoms with E-state index in [0.717, 1.165) is 23.5 Å². The number of rotatable bonds is 4. The molecule has 0 heterocycles. The first-order valence-corrected chi connectivity index (χ1v) is 6.04. The largest absolute Gasteiger partial charge is 0.399 e. The Bertz CT molecular complexity index is 508. The Hall–Kier alpha value is -2.03. The highest BCUT2D eigenvalue weighted by atomic mass is 19.1. The second-order valence-corrected chi connectivity index (χ2v) is 4.24. The van der Waals surface area contributed by atoms with Gasteiger partial charge in [-0.3, -0.25) is 0 Å². The van der Waals surface area contributed by atoms with Crippen LogP contribution < -0.4 is 10.6 Å². The quantitative estimate of drug-likeness (QED) is 0.835. The van der Waals surface area contributed by atoms with Gasteiger partial charge in [-0.25, -0.2) is 4.39 Å². The molecule has 2 nitrogen and oxygen atoms in total. The minimum atomic E-state index is -0.194. The molecule has 3 heteroatoms. The van der Waals surface area contributed by atoms with Gasteiger partial charge in [0.1, 0.15) is 5.82 Å².